The summed E-state index contributed by atoms with van der Waals surface area (Å²) in [5.41, 5.74) is 0.450. The molecule has 2 aromatic rings. The molecule has 0 aliphatic heterocycles. The fraction of sp³-hybridized carbons (Fsp3) is 0.375. The molecule has 8 nitrogen and oxygen atoms in total. The molecule has 3 rings (SSSR count). The van der Waals surface area contributed by atoms with Crippen LogP contribution in [0.3, 0.4) is 0 Å². The van der Waals surface area contributed by atoms with Gasteiger partial charge in [0.05, 0.1) is 16.9 Å². The van der Waals surface area contributed by atoms with Crippen molar-refractivity contribution in [1.82, 2.24) is 15.0 Å². The molecule has 26 heavy (non-hydrogen) atoms. The third-order valence-corrected chi connectivity index (χ3v) is 6.22. The van der Waals surface area contributed by atoms with Crippen LogP contribution >= 0.6 is 15.9 Å². The van der Waals surface area contributed by atoms with E-state index in [0.717, 1.165) is 4.47 Å². The average molecular weight is 440 g/mol. The summed E-state index contributed by atoms with van der Waals surface area (Å²) < 4.78 is 27.3. The number of sulfonamides is 1. The van der Waals surface area contributed by atoms with Crippen molar-refractivity contribution in [3.63, 3.8) is 0 Å². The third-order valence-electron chi connectivity index (χ3n) is 3.93. The number of rotatable bonds is 7. The zero-order valence-electron chi connectivity index (χ0n) is 14.0. The normalized spacial score (nSPS) is 15.3. The largest absolute Gasteiger partial charge is 0.310 e. The van der Waals surface area contributed by atoms with Crippen LogP contribution < -0.4 is 10.0 Å². The maximum absolute atomic E-state index is 12.6. The van der Waals surface area contributed by atoms with E-state index in [4.69, 9.17) is 0 Å². The topological polar surface area (TPSA) is 114 Å². The van der Waals surface area contributed by atoms with E-state index >= 15 is 0 Å². The second kappa shape index (κ2) is 7.67. The SMILES string of the molecule is CCC(C(=O)Nc1ccc(Br)cn1)c1ccnc(NS(=O)(=O)C2CC2)n1. The van der Waals surface area contributed by atoms with Crippen molar-refractivity contribution in [2.45, 2.75) is 37.4 Å². The van der Waals surface area contributed by atoms with Crippen LogP contribution in [0.2, 0.25) is 0 Å². The highest BCUT2D eigenvalue weighted by Crippen LogP contribution is 2.29. The van der Waals surface area contributed by atoms with Crippen molar-refractivity contribution in [2.24, 2.45) is 0 Å². The Morgan fingerprint density at radius 1 is 1.31 bits per heavy atom. The maximum Gasteiger partial charge on any atom is 0.237 e. The molecule has 2 aromatic heterocycles. The van der Waals surface area contributed by atoms with Crippen LogP contribution in [0.4, 0.5) is 11.8 Å². The van der Waals surface area contributed by atoms with E-state index in [1.807, 2.05) is 6.92 Å². The van der Waals surface area contributed by atoms with Crippen LogP contribution in [-0.2, 0) is 14.8 Å². The van der Waals surface area contributed by atoms with Crippen LogP contribution in [-0.4, -0.2) is 34.5 Å². The van der Waals surface area contributed by atoms with E-state index in [2.05, 4.69) is 40.9 Å². The molecule has 1 amide bonds. The van der Waals surface area contributed by atoms with Gasteiger partial charge in [-0.15, -0.1) is 0 Å². The molecule has 1 unspecified atom stereocenters. The minimum Gasteiger partial charge on any atom is -0.310 e. The Hall–Kier alpha value is -2.07. The molecule has 1 fully saturated rings. The van der Waals surface area contributed by atoms with Crippen molar-refractivity contribution in [3.8, 4) is 0 Å². The van der Waals surface area contributed by atoms with Crippen LogP contribution in [0.15, 0.2) is 35.1 Å². The number of nitrogens with one attached hydrogen (secondary N) is 2. The number of carbonyl (C=O) groups is 1. The molecule has 0 radical (unpaired) electrons. The second-order valence-electron chi connectivity index (χ2n) is 5.96. The summed E-state index contributed by atoms with van der Waals surface area (Å²) >= 11 is 3.29. The quantitative estimate of drug-likeness (QED) is 0.685. The number of pyridine rings is 1. The fourth-order valence-corrected chi connectivity index (χ4v) is 3.91. The summed E-state index contributed by atoms with van der Waals surface area (Å²) in [5, 5.41) is 2.37. The number of amides is 1. The van der Waals surface area contributed by atoms with Gasteiger partial charge in [0.2, 0.25) is 21.9 Å². The van der Waals surface area contributed by atoms with Gasteiger partial charge in [0.1, 0.15) is 5.82 Å². The van der Waals surface area contributed by atoms with Crippen molar-refractivity contribution >= 4 is 43.6 Å². The fourth-order valence-electron chi connectivity index (χ4n) is 2.40. The predicted molar refractivity (Wildman–Crippen MR) is 101 cm³/mol. The number of hydrogen-bond donors (Lipinski definition) is 2. The molecule has 1 saturated carbocycles. The highest BCUT2D eigenvalue weighted by molar-refractivity contribution is 9.10. The molecular weight excluding hydrogens is 422 g/mol. The first-order chi connectivity index (χ1) is 12.4. The lowest BCUT2D eigenvalue weighted by Crippen LogP contribution is -2.23. The number of halogens is 1. The monoisotopic (exact) mass is 439 g/mol. The van der Waals surface area contributed by atoms with Crippen LogP contribution in [0.1, 0.15) is 37.8 Å². The summed E-state index contributed by atoms with van der Waals surface area (Å²) in [5.74, 6) is -0.396. The Bertz CT molecular complexity index is 900. The van der Waals surface area contributed by atoms with Crippen LogP contribution in [0.25, 0.3) is 0 Å². The lowest BCUT2D eigenvalue weighted by molar-refractivity contribution is -0.117. The zero-order valence-corrected chi connectivity index (χ0v) is 16.4. The molecular formula is C16H18BrN5O3S. The van der Waals surface area contributed by atoms with Gasteiger partial charge in [-0.1, -0.05) is 6.92 Å². The minimum absolute atomic E-state index is 0.0117. The number of anilines is 2. The molecule has 1 aliphatic rings. The van der Waals surface area contributed by atoms with Gasteiger partial charge in [0.25, 0.3) is 0 Å². The van der Waals surface area contributed by atoms with Crippen molar-refractivity contribution in [3.05, 3.63) is 40.8 Å². The summed E-state index contributed by atoms with van der Waals surface area (Å²) in [4.78, 5) is 24.9. The van der Waals surface area contributed by atoms with Gasteiger partial charge in [-0.25, -0.2) is 23.4 Å². The first-order valence-electron chi connectivity index (χ1n) is 8.16. The lowest BCUT2D eigenvalue weighted by atomic mass is 10.0. The molecule has 2 N–H and O–H groups in total. The van der Waals surface area contributed by atoms with E-state index in [-0.39, 0.29) is 17.1 Å². The number of carbonyl (C=O) groups excluding carboxylic acids is 1. The lowest BCUT2D eigenvalue weighted by Gasteiger charge is -2.15. The van der Waals surface area contributed by atoms with Crippen molar-refractivity contribution < 1.29 is 13.2 Å². The van der Waals surface area contributed by atoms with Crippen LogP contribution in [0, 0.1) is 0 Å². The molecule has 1 atom stereocenters. The Labute approximate surface area is 160 Å². The highest BCUT2D eigenvalue weighted by Gasteiger charge is 2.36. The predicted octanol–water partition coefficient (Wildman–Crippen LogP) is 2.67. The average Bonchev–Trinajstić information content (AvgIpc) is 3.43. The minimum atomic E-state index is -3.45. The summed E-state index contributed by atoms with van der Waals surface area (Å²) in [6.45, 7) is 1.86. The molecule has 2 heterocycles. The molecule has 0 saturated heterocycles. The Morgan fingerprint density at radius 2 is 2.08 bits per heavy atom. The highest BCUT2D eigenvalue weighted by atomic mass is 79.9. The van der Waals surface area contributed by atoms with Gasteiger partial charge in [-0.2, -0.15) is 0 Å². The first-order valence-corrected chi connectivity index (χ1v) is 10.5. The molecule has 0 aromatic carbocycles. The Morgan fingerprint density at radius 3 is 2.69 bits per heavy atom. The van der Waals surface area contributed by atoms with Crippen molar-refractivity contribution in [1.29, 1.82) is 0 Å². The summed E-state index contributed by atoms with van der Waals surface area (Å²) in [6, 6.07) is 5.07. The molecule has 1 aliphatic carbocycles. The first kappa shape index (κ1) is 18.7. The Balaban J connectivity index is 1.75. The molecule has 138 valence electrons. The summed E-state index contributed by atoms with van der Waals surface area (Å²) in [7, 11) is -3.45. The number of aromatic nitrogens is 3. The van der Waals surface area contributed by atoms with E-state index in [0.29, 0.717) is 30.8 Å². The standard InChI is InChI=1S/C16H18BrN5O3S/c1-2-12(15(23)21-14-6-3-10(17)9-19-14)13-7-8-18-16(20-13)22-26(24,25)11-4-5-11/h3,6-9,11-12H,2,4-5H2,1H3,(H,18,20,22)(H,19,21,23). The zero-order chi connectivity index (χ0) is 18.7. The van der Waals surface area contributed by atoms with Crippen LogP contribution in [0.5, 0.6) is 0 Å². The third kappa shape index (κ3) is 4.55. The van der Waals surface area contributed by atoms with Gasteiger partial charge >= 0.3 is 0 Å². The van der Waals surface area contributed by atoms with E-state index < -0.39 is 15.9 Å². The van der Waals surface area contributed by atoms with Gasteiger partial charge in [0.15, 0.2) is 0 Å². The maximum atomic E-state index is 12.6. The summed E-state index contributed by atoms with van der Waals surface area (Å²) in [6.07, 6.45) is 4.82. The van der Waals surface area contributed by atoms with Gasteiger partial charge < -0.3 is 5.32 Å². The Kier molecular flexibility index (Phi) is 5.52. The van der Waals surface area contributed by atoms with Gasteiger partial charge in [0, 0.05) is 16.9 Å². The number of nitrogens with zero attached hydrogens (tertiary/aromatic N) is 3. The van der Waals surface area contributed by atoms with E-state index in [1.54, 1.807) is 24.4 Å². The molecule has 10 heteroatoms. The van der Waals surface area contributed by atoms with E-state index in [9.17, 15) is 13.2 Å². The van der Waals surface area contributed by atoms with Gasteiger partial charge in [-0.05, 0) is 53.4 Å². The second-order valence-corrected chi connectivity index (χ2v) is 8.84. The smallest absolute Gasteiger partial charge is 0.237 e. The molecule has 0 spiro atoms. The van der Waals surface area contributed by atoms with Crippen molar-refractivity contribution in [2.75, 3.05) is 10.0 Å². The number of hydrogen-bond acceptors (Lipinski definition) is 6. The van der Waals surface area contributed by atoms with E-state index in [1.165, 1.54) is 6.20 Å². The van der Waals surface area contributed by atoms with Gasteiger partial charge in [-0.3, -0.25) is 9.52 Å². The molecule has 0 bridgehead atoms.